The summed E-state index contributed by atoms with van der Waals surface area (Å²) >= 11 is 0. The Kier molecular flexibility index (Phi) is 5.00. The molecule has 0 radical (unpaired) electrons. The Morgan fingerprint density at radius 2 is 1.94 bits per heavy atom. The topological polar surface area (TPSA) is 83.2 Å². The van der Waals surface area contributed by atoms with Crippen molar-refractivity contribution in [2.24, 2.45) is 16.1 Å². The van der Waals surface area contributed by atoms with Crippen molar-refractivity contribution in [2.75, 3.05) is 18.0 Å². The smallest absolute Gasteiger partial charge is 0.147 e. The lowest BCUT2D eigenvalue weighted by Crippen LogP contribution is -2.44. The third-order valence-electron chi connectivity index (χ3n) is 8.01. The highest BCUT2D eigenvalue weighted by Crippen LogP contribution is 2.50. The van der Waals surface area contributed by atoms with Crippen LogP contribution in [-0.2, 0) is 13.0 Å². The standard InChI is InChI=1S/C27H25FN6.CH4/c28-20-12-21-16(5-8-30-21)11-19(20)24-25-22(14-31-24)33-23(15-32-25)34-9-6-27(7-10-34)13-17-3-1-2-4-18(17)26(27)29;/h1-5,8,11-12,15,26,30H,6-7,9-10,13-14,29H2;1H4/t26-;/m1./s1. The summed E-state index contributed by atoms with van der Waals surface area (Å²) in [7, 11) is 0. The largest absolute Gasteiger partial charge is 0.361 e. The molecule has 1 aliphatic carbocycles. The lowest BCUT2D eigenvalue weighted by atomic mass is 9.73. The first-order valence-electron chi connectivity index (χ1n) is 11.9. The van der Waals surface area contributed by atoms with Crippen molar-refractivity contribution >= 4 is 22.4 Å². The minimum Gasteiger partial charge on any atom is -0.361 e. The molecule has 1 atom stereocenters. The zero-order valence-electron chi connectivity index (χ0n) is 18.8. The van der Waals surface area contributed by atoms with Crippen molar-refractivity contribution in [3.8, 4) is 0 Å². The summed E-state index contributed by atoms with van der Waals surface area (Å²) < 4.78 is 14.8. The number of aromatic amines is 1. The number of hydrogen-bond donors (Lipinski definition) is 2. The number of aromatic nitrogens is 3. The fraction of sp³-hybridized carbons (Fsp3) is 0.321. The number of aliphatic imine (C=N–C) groups is 1. The molecule has 1 saturated heterocycles. The van der Waals surface area contributed by atoms with E-state index in [-0.39, 0.29) is 24.7 Å². The van der Waals surface area contributed by atoms with Gasteiger partial charge < -0.3 is 15.6 Å². The normalized spacial score (nSPS) is 20.0. The molecule has 178 valence electrons. The van der Waals surface area contributed by atoms with Crippen molar-refractivity contribution in [1.29, 1.82) is 0 Å². The van der Waals surface area contributed by atoms with Crippen LogP contribution in [0.25, 0.3) is 10.9 Å². The van der Waals surface area contributed by atoms with Gasteiger partial charge in [0.25, 0.3) is 0 Å². The molecule has 0 bridgehead atoms. The first-order valence-corrected chi connectivity index (χ1v) is 11.9. The van der Waals surface area contributed by atoms with Gasteiger partial charge in [-0.25, -0.2) is 14.4 Å². The second kappa shape index (κ2) is 7.99. The Morgan fingerprint density at radius 3 is 2.77 bits per heavy atom. The number of fused-ring (bicyclic) bond motifs is 3. The maximum Gasteiger partial charge on any atom is 0.147 e. The number of rotatable bonds is 2. The number of halogens is 1. The lowest BCUT2D eigenvalue weighted by molar-refractivity contribution is 0.187. The molecule has 0 amide bonds. The van der Waals surface area contributed by atoms with Crippen molar-refractivity contribution in [1.82, 2.24) is 15.0 Å². The Labute approximate surface area is 204 Å². The molecule has 3 aliphatic rings. The zero-order chi connectivity index (χ0) is 22.9. The quantitative estimate of drug-likeness (QED) is 0.437. The third-order valence-corrected chi connectivity index (χ3v) is 8.01. The average Bonchev–Trinajstić information content (AvgIpc) is 3.55. The summed E-state index contributed by atoms with van der Waals surface area (Å²) in [6.07, 6.45) is 6.75. The van der Waals surface area contributed by atoms with Gasteiger partial charge in [0.2, 0.25) is 0 Å². The molecule has 0 unspecified atom stereocenters. The van der Waals surface area contributed by atoms with E-state index < -0.39 is 0 Å². The molecule has 1 spiro atoms. The van der Waals surface area contributed by atoms with E-state index in [1.54, 1.807) is 0 Å². The number of hydrogen-bond acceptors (Lipinski definition) is 5. The molecule has 6 nitrogen and oxygen atoms in total. The monoisotopic (exact) mass is 468 g/mol. The fourth-order valence-electron chi connectivity index (χ4n) is 6.06. The number of nitrogens with zero attached hydrogens (tertiary/aromatic N) is 4. The molecule has 7 rings (SSSR count). The van der Waals surface area contributed by atoms with Gasteiger partial charge >= 0.3 is 0 Å². The van der Waals surface area contributed by atoms with Gasteiger partial charge in [-0.3, -0.25) is 4.99 Å². The summed E-state index contributed by atoms with van der Waals surface area (Å²) in [5.74, 6) is 0.568. The summed E-state index contributed by atoms with van der Waals surface area (Å²) in [6.45, 7) is 2.23. The van der Waals surface area contributed by atoms with Crippen LogP contribution in [0, 0.1) is 11.2 Å². The van der Waals surface area contributed by atoms with E-state index in [1.165, 1.54) is 17.2 Å². The second-order valence-electron chi connectivity index (χ2n) is 9.79. The third kappa shape index (κ3) is 3.29. The molecule has 2 aromatic carbocycles. The van der Waals surface area contributed by atoms with E-state index in [1.807, 2.05) is 24.5 Å². The number of piperidine rings is 1. The van der Waals surface area contributed by atoms with Gasteiger partial charge in [-0.15, -0.1) is 0 Å². The van der Waals surface area contributed by atoms with Gasteiger partial charge in [-0.1, -0.05) is 31.7 Å². The molecule has 7 heteroatoms. The highest BCUT2D eigenvalue weighted by atomic mass is 19.1. The molecule has 4 aromatic rings. The van der Waals surface area contributed by atoms with Crippen LogP contribution in [0.4, 0.5) is 10.2 Å². The Balaban J connectivity index is 0.00000229. The van der Waals surface area contributed by atoms with Crippen LogP contribution in [0.2, 0.25) is 0 Å². The highest BCUT2D eigenvalue weighted by Gasteiger charge is 2.46. The fourth-order valence-corrected chi connectivity index (χ4v) is 6.06. The van der Waals surface area contributed by atoms with Crippen LogP contribution in [0.5, 0.6) is 0 Å². The SMILES string of the molecule is C.N[C@@H]1c2ccccc2CC12CCN(c1cnc3c(n1)CN=C3c1cc3cc[nH]c3cc1F)CC2. The molecule has 2 aromatic heterocycles. The Bertz CT molecular complexity index is 1460. The van der Waals surface area contributed by atoms with Crippen LogP contribution in [0.3, 0.4) is 0 Å². The van der Waals surface area contributed by atoms with Gasteiger partial charge in [-0.2, -0.15) is 0 Å². The predicted molar refractivity (Wildman–Crippen MR) is 137 cm³/mol. The van der Waals surface area contributed by atoms with Crippen LogP contribution in [-0.4, -0.2) is 33.8 Å². The molecule has 3 N–H and O–H groups in total. The molecule has 4 heterocycles. The summed E-state index contributed by atoms with van der Waals surface area (Å²) in [6, 6.07) is 14.0. The Hall–Kier alpha value is -3.58. The van der Waals surface area contributed by atoms with Gasteiger partial charge in [0.05, 0.1) is 24.1 Å². The first-order chi connectivity index (χ1) is 16.6. The number of H-pyrrole nitrogens is 1. The first kappa shape index (κ1) is 21.9. The lowest BCUT2D eigenvalue weighted by Gasteiger charge is -2.42. The predicted octanol–water partition coefficient (Wildman–Crippen LogP) is 4.93. The van der Waals surface area contributed by atoms with E-state index >= 15 is 0 Å². The minimum absolute atomic E-state index is 0. The van der Waals surface area contributed by atoms with Crippen molar-refractivity contribution in [2.45, 2.75) is 39.3 Å². The number of nitrogens with two attached hydrogens (primary N) is 1. The molecule has 35 heavy (non-hydrogen) atoms. The zero-order valence-corrected chi connectivity index (χ0v) is 18.8. The Morgan fingerprint density at radius 1 is 1.11 bits per heavy atom. The van der Waals surface area contributed by atoms with Crippen LogP contribution in [0.1, 0.15) is 54.4 Å². The summed E-state index contributed by atoms with van der Waals surface area (Å²) in [5.41, 5.74) is 12.9. The molecule has 1 fully saturated rings. The van der Waals surface area contributed by atoms with Crippen LogP contribution < -0.4 is 10.6 Å². The second-order valence-corrected chi connectivity index (χ2v) is 9.79. The van der Waals surface area contributed by atoms with Crippen molar-refractivity contribution in [3.05, 3.63) is 88.8 Å². The van der Waals surface area contributed by atoms with Gasteiger partial charge in [-0.05, 0) is 54.0 Å². The summed E-state index contributed by atoms with van der Waals surface area (Å²) in [5, 5.41) is 0.951. The minimum atomic E-state index is -0.303. The van der Waals surface area contributed by atoms with Crippen LogP contribution >= 0.6 is 0 Å². The number of nitrogens with one attached hydrogen (secondary N) is 1. The van der Waals surface area contributed by atoms with Gasteiger partial charge in [0, 0.05) is 41.8 Å². The van der Waals surface area contributed by atoms with Gasteiger partial charge in [0.1, 0.15) is 17.3 Å². The number of benzene rings is 2. The molecular weight excluding hydrogens is 439 g/mol. The summed E-state index contributed by atoms with van der Waals surface area (Å²) in [4.78, 5) is 19.6. The highest BCUT2D eigenvalue weighted by molar-refractivity contribution is 6.15. The molecular formula is C28H29FN6. The van der Waals surface area contributed by atoms with Crippen molar-refractivity contribution < 1.29 is 4.39 Å². The van der Waals surface area contributed by atoms with Crippen LogP contribution in [0.15, 0.2) is 59.9 Å². The average molecular weight is 469 g/mol. The molecule has 0 saturated carbocycles. The van der Waals surface area contributed by atoms with Crippen molar-refractivity contribution in [3.63, 3.8) is 0 Å². The van der Waals surface area contributed by atoms with E-state index in [9.17, 15) is 4.39 Å². The van der Waals surface area contributed by atoms with Gasteiger partial charge in [0.15, 0.2) is 0 Å². The van der Waals surface area contributed by atoms with E-state index in [0.717, 1.165) is 54.8 Å². The maximum atomic E-state index is 14.8. The maximum absolute atomic E-state index is 14.8. The van der Waals surface area contributed by atoms with E-state index in [0.29, 0.717) is 23.5 Å². The van der Waals surface area contributed by atoms with E-state index in [4.69, 9.17) is 15.7 Å². The number of anilines is 1. The molecule has 2 aliphatic heterocycles. The van der Waals surface area contributed by atoms with E-state index in [2.05, 4.69) is 39.1 Å².